The molecule has 12 heavy (non-hydrogen) atoms. The first-order valence-electron chi connectivity index (χ1n) is 4.57. The van der Waals surface area contributed by atoms with Gasteiger partial charge >= 0.3 is 0 Å². The molecule has 0 radical (unpaired) electrons. The average Bonchev–Trinajstić information content (AvgIpc) is 1.82. The smallest absolute Gasteiger partial charge is 0.141 e. The number of ketones is 1. The molecular weight excluding hydrogens is 168 g/mol. The van der Waals surface area contributed by atoms with E-state index < -0.39 is 0 Å². The standard InChI is InChI=1S/C10H16OS/c1-6(2)10-8(11)4-7(3)5-9(10)12/h6-7,10H,4-5H2,1-3H3. The van der Waals surface area contributed by atoms with Gasteiger partial charge in [-0.05, 0) is 18.3 Å². The summed E-state index contributed by atoms with van der Waals surface area (Å²) in [6.45, 7) is 6.25. The van der Waals surface area contributed by atoms with Gasteiger partial charge in [-0.1, -0.05) is 33.0 Å². The van der Waals surface area contributed by atoms with Crippen molar-refractivity contribution < 1.29 is 4.79 Å². The number of Topliss-reactive ketones (excluding diaryl/α,β-unsaturated/α-hetero) is 1. The topological polar surface area (TPSA) is 17.1 Å². The molecule has 0 aromatic carbocycles. The molecule has 0 aromatic heterocycles. The molecule has 0 N–H and O–H groups in total. The molecule has 1 fully saturated rings. The minimum atomic E-state index is 0.0659. The Bertz CT molecular complexity index is 190. The Morgan fingerprint density at radius 3 is 2.42 bits per heavy atom. The summed E-state index contributed by atoms with van der Waals surface area (Å²) in [6, 6.07) is 0. The van der Waals surface area contributed by atoms with Crippen LogP contribution in [0.25, 0.3) is 0 Å². The first-order valence-corrected chi connectivity index (χ1v) is 4.98. The molecule has 1 aliphatic carbocycles. The average molecular weight is 184 g/mol. The lowest BCUT2D eigenvalue weighted by Gasteiger charge is -2.28. The van der Waals surface area contributed by atoms with E-state index in [1.54, 1.807) is 0 Å². The second kappa shape index (κ2) is 3.65. The molecule has 1 rings (SSSR count). The lowest BCUT2D eigenvalue weighted by atomic mass is 9.76. The SMILES string of the molecule is CC1CC(=O)C(C(C)C)C(=S)C1. The van der Waals surface area contributed by atoms with Crippen LogP contribution < -0.4 is 0 Å². The zero-order valence-electron chi connectivity index (χ0n) is 7.96. The highest BCUT2D eigenvalue weighted by atomic mass is 32.1. The largest absolute Gasteiger partial charge is 0.299 e. The van der Waals surface area contributed by atoms with Gasteiger partial charge in [-0.3, -0.25) is 4.79 Å². The summed E-state index contributed by atoms with van der Waals surface area (Å²) >= 11 is 5.24. The summed E-state index contributed by atoms with van der Waals surface area (Å²) in [6.07, 6.45) is 1.69. The fourth-order valence-electron chi connectivity index (χ4n) is 1.94. The zero-order valence-corrected chi connectivity index (χ0v) is 8.78. The van der Waals surface area contributed by atoms with E-state index in [0.717, 1.165) is 17.7 Å². The van der Waals surface area contributed by atoms with Crippen LogP contribution in [-0.2, 0) is 4.79 Å². The normalized spacial score (nSPS) is 31.3. The number of carbonyl (C=O) groups is 1. The Hall–Kier alpha value is -0.240. The van der Waals surface area contributed by atoms with Crippen LogP contribution in [-0.4, -0.2) is 10.6 Å². The molecule has 0 amide bonds. The van der Waals surface area contributed by atoms with E-state index in [1.165, 1.54) is 0 Å². The maximum atomic E-state index is 11.6. The van der Waals surface area contributed by atoms with Gasteiger partial charge < -0.3 is 0 Å². The van der Waals surface area contributed by atoms with Crippen LogP contribution in [0.1, 0.15) is 33.6 Å². The Labute approximate surface area is 79.5 Å². The van der Waals surface area contributed by atoms with Crippen LogP contribution >= 0.6 is 12.2 Å². The highest BCUT2D eigenvalue weighted by molar-refractivity contribution is 7.80. The van der Waals surface area contributed by atoms with Crippen LogP contribution in [0, 0.1) is 17.8 Å². The van der Waals surface area contributed by atoms with Crippen LogP contribution in [0.5, 0.6) is 0 Å². The van der Waals surface area contributed by atoms with Gasteiger partial charge in [0.15, 0.2) is 0 Å². The van der Waals surface area contributed by atoms with Crippen LogP contribution in [0.3, 0.4) is 0 Å². The Morgan fingerprint density at radius 1 is 1.42 bits per heavy atom. The van der Waals surface area contributed by atoms with Gasteiger partial charge in [-0.15, -0.1) is 0 Å². The van der Waals surface area contributed by atoms with E-state index in [9.17, 15) is 4.79 Å². The fraction of sp³-hybridized carbons (Fsp3) is 0.800. The third-order valence-corrected chi connectivity index (χ3v) is 2.88. The summed E-state index contributed by atoms with van der Waals surface area (Å²) in [5.41, 5.74) is 0. The van der Waals surface area contributed by atoms with Crippen LogP contribution in [0.2, 0.25) is 0 Å². The van der Waals surface area contributed by atoms with Crippen molar-refractivity contribution in [3.05, 3.63) is 0 Å². The minimum Gasteiger partial charge on any atom is -0.299 e. The maximum absolute atomic E-state index is 11.6. The van der Waals surface area contributed by atoms with Crippen molar-refractivity contribution in [1.29, 1.82) is 0 Å². The van der Waals surface area contributed by atoms with E-state index in [1.807, 2.05) is 0 Å². The van der Waals surface area contributed by atoms with Gasteiger partial charge in [0, 0.05) is 11.3 Å². The molecule has 68 valence electrons. The van der Waals surface area contributed by atoms with Crippen molar-refractivity contribution in [3.8, 4) is 0 Å². The molecule has 2 unspecified atom stereocenters. The van der Waals surface area contributed by atoms with Gasteiger partial charge in [0.05, 0.1) is 5.92 Å². The van der Waals surface area contributed by atoms with Gasteiger partial charge in [0.1, 0.15) is 5.78 Å². The van der Waals surface area contributed by atoms with Gasteiger partial charge in [-0.25, -0.2) is 0 Å². The van der Waals surface area contributed by atoms with E-state index in [0.29, 0.717) is 17.6 Å². The van der Waals surface area contributed by atoms with E-state index in [4.69, 9.17) is 12.2 Å². The van der Waals surface area contributed by atoms with Crippen LogP contribution in [0.15, 0.2) is 0 Å². The monoisotopic (exact) mass is 184 g/mol. The number of hydrogen-bond acceptors (Lipinski definition) is 2. The predicted molar refractivity (Wildman–Crippen MR) is 54.3 cm³/mol. The van der Waals surface area contributed by atoms with Crippen LogP contribution in [0.4, 0.5) is 0 Å². The van der Waals surface area contributed by atoms with Gasteiger partial charge in [0.25, 0.3) is 0 Å². The molecule has 1 saturated carbocycles. The first kappa shape index (κ1) is 9.85. The van der Waals surface area contributed by atoms with Crippen molar-refractivity contribution in [2.75, 3.05) is 0 Å². The quantitative estimate of drug-likeness (QED) is 0.583. The Balaban J connectivity index is 2.74. The molecule has 0 bridgehead atoms. The van der Waals surface area contributed by atoms with Gasteiger partial charge in [0.2, 0.25) is 0 Å². The second-order valence-corrected chi connectivity index (χ2v) is 4.69. The van der Waals surface area contributed by atoms with E-state index >= 15 is 0 Å². The lowest BCUT2D eigenvalue weighted by molar-refractivity contribution is -0.123. The van der Waals surface area contributed by atoms with Crippen molar-refractivity contribution in [2.45, 2.75) is 33.6 Å². The molecule has 0 aliphatic heterocycles. The Morgan fingerprint density at radius 2 is 2.00 bits per heavy atom. The number of thiocarbonyl (C=S) groups is 1. The molecule has 2 heteroatoms. The maximum Gasteiger partial charge on any atom is 0.141 e. The third-order valence-electron chi connectivity index (χ3n) is 2.46. The second-order valence-electron chi connectivity index (χ2n) is 4.17. The highest BCUT2D eigenvalue weighted by Crippen LogP contribution is 2.28. The summed E-state index contributed by atoms with van der Waals surface area (Å²) in [5.74, 6) is 1.28. The van der Waals surface area contributed by atoms with Gasteiger partial charge in [-0.2, -0.15) is 0 Å². The third kappa shape index (κ3) is 1.92. The summed E-state index contributed by atoms with van der Waals surface area (Å²) in [5, 5.41) is 0. The number of carbonyl (C=O) groups excluding carboxylic acids is 1. The highest BCUT2D eigenvalue weighted by Gasteiger charge is 2.32. The molecule has 0 aromatic rings. The summed E-state index contributed by atoms with van der Waals surface area (Å²) < 4.78 is 0. The first-order chi connectivity index (χ1) is 5.52. The zero-order chi connectivity index (χ0) is 9.30. The molecule has 0 saturated heterocycles. The molecule has 0 heterocycles. The molecule has 0 spiro atoms. The molecular formula is C10H16OS. The molecule has 2 atom stereocenters. The summed E-state index contributed by atoms with van der Waals surface area (Å²) in [4.78, 5) is 12.5. The number of rotatable bonds is 1. The van der Waals surface area contributed by atoms with E-state index in [2.05, 4.69) is 20.8 Å². The van der Waals surface area contributed by atoms with Crippen molar-refractivity contribution in [1.82, 2.24) is 0 Å². The fourth-order valence-corrected chi connectivity index (χ4v) is 2.62. The van der Waals surface area contributed by atoms with E-state index in [-0.39, 0.29) is 5.92 Å². The molecule has 1 aliphatic rings. The van der Waals surface area contributed by atoms with Crippen molar-refractivity contribution in [2.24, 2.45) is 17.8 Å². The van der Waals surface area contributed by atoms with Crippen molar-refractivity contribution >= 4 is 22.9 Å². The predicted octanol–water partition coefficient (Wildman–Crippen LogP) is 2.63. The molecule has 1 nitrogen and oxygen atoms in total. The summed E-state index contributed by atoms with van der Waals surface area (Å²) in [7, 11) is 0. The Kier molecular flexibility index (Phi) is 2.99. The minimum absolute atomic E-state index is 0.0659. The van der Waals surface area contributed by atoms with Crippen molar-refractivity contribution in [3.63, 3.8) is 0 Å². The number of hydrogen-bond donors (Lipinski definition) is 0. The lowest BCUT2D eigenvalue weighted by Crippen LogP contribution is -2.34.